The van der Waals surface area contributed by atoms with Gasteiger partial charge in [0.05, 0.1) is 12.6 Å². The first-order valence-electron chi connectivity index (χ1n) is 11.4. The van der Waals surface area contributed by atoms with Gasteiger partial charge in [0.15, 0.2) is 0 Å². The van der Waals surface area contributed by atoms with Crippen LogP contribution >= 0.6 is 0 Å². The maximum atomic E-state index is 13.7. The lowest BCUT2D eigenvalue weighted by Crippen LogP contribution is -2.51. The summed E-state index contributed by atoms with van der Waals surface area (Å²) in [4.78, 5) is 29.0. The van der Waals surface area contributed by atoms with Gasteiger partial charge in [-0.25, -0.2) is 4.68 Å². The molecule has 0 aliphatic heterocycles. The Morgan fingerprint density at radius 1 is 1.21 bits per heavy atom. The third-order valence-electron chi connectivity index (χ3n) is 6.22. The van der Waals surface area contributed by atoms with Gasteiger partial charge in [-0.15, -0.1) is 5.10 Å². The Kier molecular flexibility index (Phi) is 6.35. The number of aromatic nitrogens is 3. The number of fused-ring (bicyclic) bond motifs is 1. The molecule has 1 fully saturated rings. The number of para-hydroxylation sites is 1. The highest BCUT2D eigenvalue weighted by Crippen LogP contribution is 2.36. The smallest absolute Gasteiger partial charge is 0.247 e. The van der Waals surface area contributed by atoms with E-state index >= 15 is 0 Å². The molecule has 0 spiro atoms. The predicted octanol–water partition coefficient (Wildman–Crippen LogP) is 3.48. The lowest BCUT2D eigenvalue weighted by Gasteiger charge is -2.35. The zero-order valence-electron chi connectivity index (χ0n) is 19.6. The van der Waals surface area contributed by atoms with E-state index in [1.54, 1.807) is 16.7 Å². The van der Waals surface area contributed by atoms with Crippen molar-refractivity contribution in [2.45, 2.75) is 64.2 Å². The van der Waals surface area contributed by atoms with Crippen molar-refractivity contribution in [3.05, 3.63) is 54.1 Å². The lowest BCUT2D eigenvalue weighted by molar-refractivity contribution is -0.143. The number of hydrogen-bond donors (Lipinski definition) is 1. The van der Waals surface area contributed by atoms with E-state index in [0.29, 0.717) is 5.75 Å². The summed E-state index contributed by atoms with van der Waals surface area (Å²) < 4.78 is 7.00. The SMILES string of the molecule is CCC(C)(C)NC(=O)[C@@H](c1cccc(OC)c1)N(C(=O)Cn1nnc2ccccc21)C1CC1. The van der Waals surface area contributed by atoms with Crippen LogP contribution in [-0.4, -0.2) is 50.4 Å². The Morgan fingerprint density at radius 2 is 1.97 bits per heavy atom. The first-order chi connectivity index (χ1) is 15.8. The molecule has 0 unspecified atom stereocenters. The second kappa shape index (κ2) is 9.21. The van der Waals surface area contributed by atoms with Crippen molar-refractivity contribution in [2.75, 3.05) is 7.11 Å². The maximum absolute atomic E-state index is 13.7. The highest BCUT2D eigenvalue weighted by atomic mass is 16.5. The Morgan fingerprint density at radius 3 is 2.67 bits per heavy atom. The number of benzene rings is 2. The molecule has 8 heteroatoms. The van der Waals surface area contributed by atoms with Gasteiger partial charge in [0.25, 0.3) is 0 Å². The minimum absolute atomic E-state index is 0.0129. The summed E-state index contributed by atoms with van der Waals surface area (Å²) in [6.45, 7) is 6.01. The molecule has 3 aromatic rings. The fraction of sp³-hybridized carbons (Fsp3) is 0.440. The summed E-state index contributed by atoms with van der Waals surface area (Å²) in [5.74, 6) is 0.287. The molecule has 4 rings (SSSR count). The molecule has 1 aliphatic rings. The second-order valence-electron chi connectivity index (χ2n) is 9.17. The molecular formula is C25H31N5O3. The van der Waals surface area contributed by atoms with E-state index in [0.717, 1.165) is 35.9 Å². The molecule has 1 saturated carbocycles. The predicted molar refractivity (Wildman–Crippen MR) is 126 cm³/mol. The Bertz CT molecular complexity index is 1150. The van der Waals surface area contributed by atoms with Crippen LogP contribution in [0.4, 0.5) is 0 Å². The van der Waals surface area contributed by atoms with Crippen molar-refractivity contribution in [1.82, 2.24) is 25.2 Å². The van der Waals surface area contributed by atoms with Crippen molar-refractivity contribution in [1.29, 1.82) is 0 Å². The number of nitrogens with one attached hydrogen (secondary N) is 1. The zero-order chi connectivity index (χ0) is 23.6. The van der Waals surface area contributed by atoms with E-state index in [9.17, 15) is 9.59 Å². The van der Waals surface area contributed by atoms with Crippen LogP contribution in [0.1, 0.15) is 51.6 Å². The summed E-state index contributed by atoms with van der Waals surface area (Å²) in [7, 11) is 1.59. The van der Waals surface area contributed by atoms with Crippen LogP contribution in [0.2, 0.25) is 0 Å². The van der Waals surface area contributed by atoms with Crippen molar-refractivity contribution in [3.63, 3.8) is 0 Å². The van der Waals surface area contributed by atoms with Gasteiger partial charge in [0.2, 0.25) is 11.8 Å². The van der Waals surface area contributed by atoms with Crippen molar-refractivity contribution >= 4 is 22.8 Å². The van der Waals surface area contributed by atoms with E-state index < -0.39 is 11.6 Å². The van der Waals surface area contributed by atoms with Crippen LogP contribution in [-0.2, 0) is 16.1 Å². The topological polar surface area (TPSA) is 89.4 Å². The van der Waals surface area contributed by atoms with Gasteiger partial charge in [0, 0.05) is 11.6 Å². The molecule has 1 N–H and O–H groups in total. The first-order valence-corrected chi connectivity index (χ1v) is 11.4. The van der Waals surface area contributed by atoms with Crippen LogP contribution in [0.3, 0.4) is 0 Å². The number of rotatable bonds is 9. The molecule has 1 atom stereocenters. The fourth-order valence-electron chi connectivity index (χ4n) is 3.90. The number of amides is 2. The average molecular weight is 450 g/mol. The number of nitrogens with zero attached hydrogens (tertiary/aromatic N) is 4. The summed E-state index contributed by atoms with van der Waals surface area (Å²) in [5.41, 5.74) is 1.85. The van der Waals surface area contributed by atoms with Crippen LogP contribution in [0.5, 0.6) is 5.75 Å². The molecule has 2 aromatic carbocycles. The summed E-state index contributed by atoms with van der Waals surface area (Å²) in [6.07, 6.45) is 2.51. The molecule has 0 saturated heterocycles. The lowest BCUT2D eigenvalue weighted by atomic mass is 9.98. The van der Waals surface area contributed by atoms with Crippen molar-refractivity contribution in [3.8, 4) is 5.75 Å². The number of methoxy groups -OCH3 is 1. The first kappa shape index (κ1) is 22.8. The highest BCUT2D eigenvalue weighted by molar-refractivity contribution is 5.90. The second-order valence-corrected chi connectivity index (χ2v) is 9.17. The minimum atomic E-state index is -0.763. The number of carbonyl (C=O) groups excluding carboxylic acids is 2. The van der Waals surface area contributed by atoms with Gasteiger partial charge in [-0.05, 0) is 62.9 Å². The van der Waals surface area contributed by atoms with Gasteiger partial charge in [-0.2, -0.15) is 0 Å². The number of carbonyl (C=O) groups is 2. The standard InChI is InChI=1S/C25H31N5O3/c1-5-25(2,3)26-24(32)23(17-9-8-10-19(15-17)33-4)30(18-13-14-18)22(31)16-29-21-12-7-6-11-20(21)27-28-29/h6-12,15,18,23H,5,13-14,16H2,1-4H3,(H,26,32)/t23-/m1/s1. The van der Waals surface area contributed by atoms with E-state index in [1.807, 2.05) is 69.3 Å². The molecular weight excluding hydrogens is 418 g/mol. The van der Waals surface area contributed by atoms with E-state index in [1.165, 1.54) is 0 Å². The van der Waals surface area contributed by atoms with E-state index in [4.69, 9.17) is 4.74 Å². The van der Waals surface area contributed by atoms with Crippen molar-refractivity contribution < 1.29 is 14.3 Å². The third kappa shape index (κ3) is 4.99. The number of hydrogen-bond acceptors (Lipinski definition) is 5. The summed E-state index contributed by atoms with van der Waals surface area (Å²) >= 11 is 0. The van der Waals surface area contributed by atoms with Gasteiger partial charge in [0.1, 0.15) is 23.9 Å². The Hall–Kier alpha value is -3.42. The summed E-state index contributed by atoms with van der Waals surface area (Å²) in [5, 5.41) is 11.5. The monoisotopic (exact) mass is 449 g/mol. The summed E-state index contributed by atoms with van der Waals surface area (Å²) in [6, 6.07) is 14.2. The molecule has 1 aliphatic carbocycles. The zero-order valence-corrected chi connectivity index (χ0v) is 19.6. The molecule has 8 nitrogen and oxygen atoms in total. The van der Waals surface area contributed by atoms with Gasteiger partial charge in [-0.3, -0.25) is 9.59 Å². The van der Waals surface area contributed by atoms with E-state index in [-0.39, 0.29) is 24.4 Å². The fourth-order valence-corrected chi connectivity index (χ4v) is 3.90. The average Bonchev–Trinajstić information content (AvgIpc) is 3.57. The van der Waals surface area contributed by atoms with Crippen LogP contribution < -0.4 is 10.1 Å². The van der Waals surface area contributed by atoms with Gasteiger partial charge < -0.3 is 15.0 Å². The quantitative estimate of drug-likeness (QED) is 0.540. The minimum Gasteiger partial charge on any atom is -0.497 e. The molecule has 2 amide bonds. The number of ether oxygens (including phenoxy) is 1. The third-order valence-corrected chi connectivity index (χ3v) is 6.22. The molecule has 1 heterocycles. The van der Waals surface area contributed by atoms with Crippen LogP contribution in [0.25, 0.3) is 11.0 Å². The molecule has 0 bridgehead atoms. The normalized spacial score (nSPS) is 14.7. The Labute approximate surface area is 193 Å². The Balaban J connectivity index is 1.70. The van der Waals surface area contributed by atoms with Crippen LogP contribution in [0, 0.1) is 0 Å². The molecule has 0 radical (unpaired) electrons. The molecule has 1 aromatic heterocycles. The van der Waals surface area contributed by atoms with E-state index in [2.05, 4.69) is 15.6 Å². The highest BCUT2D eigenvalue weighted by Gasteiger charge is 2.42. The van der Waals surface area contributed by atoms with Crippen LogP contribution in [0.15, 0.2) is 48.5 Å². The maximum Gasteiger partial charge on any atom is 0.247 e. The van der Waals surface area contributed by atoms with Gasteiger partial charge >= 0.3 is 0 Å². The molecule has 33 heavy (non-hydrogen) atoms. The molecule has 174 valence electrons. The van der Waals surface area contributed by atoms with Gasteiger partial charge in [-0.1, -0.05) is 36.4 Å². The van der Waals surface area contributed by atoms with Crippen molar-refractivity contribution in [2.24, 2.45) is 0 Å². The largest absolute Gasteiger partial charge is 0.497 e.